The summed E-state index contributed by atoms with van der Waals surface area (Å²) in [7, 11) is 0. The van der Waals surface area contributed by atoms with Crippen LogP contribution in [-0.2, 0) is 25.7 Å². The summed E-state index contributed by atoms with van der Waals surface area (Å²) >= 11 is 0. The highest BCUT2D eigenvalue weighted by Gasteiger charge is 2.37. The first-order valence-electron chi connectivity index (χ1n) is 9.59. The third kappa shape index (κ3) is 6.25. The van der Waals surface area contributed by atoms with E-state index >= 15 is 0 Å². The van der Waals surface area contributed by atoms with Gasteiger partial charge in [-0.1, -0.05) is 29.8 Å². The first kappa shape index (κ1) is 21.7. The molecule has 0 spiro atoms. The molecule has 1 aliphatic rings. The molecule has 1 fully saturated rings. The number of likely N-dealkylation sites (tertiary alicyclic amines) is 1. The summed E-state index contributed by atoms with van der Waals surface area (Å²) in [6.45, 7) is 9.50. The van der Waals surface area contributed by atoms with E-state index in [1.54, 1.807) is 27.7 Å². The monoisotopic (exact) mass is 390 g/mol. The lowest BCUT2D eigenvalue weighted by Crippen LogP contribution is -2.51. The Morgan fingerprint density at radius 3 is 2.46 bits per heavy atom. The van der Waals surface area contributed by atoms with Crippen molar-refractivity contribution in [3.05, 3.63) is 35.4 Å². The van der Waals surface area contributed by atoms with Crippen molar-refractivity contribution in [1.82, 2.24) is 10.2 Å². The maximum atomic E-state index is 12.6. The number of carbonyl (C=O) groups excluding carboxylic acids is 3. The van der Waals surface area contributed by atoms with E-state index in [1.807, 2.05) is 31.2 Å². The molecule has 28 heavy (non-hydrogen) atoms. The lowest BCUT2D eigenvalue weighted by atomic mass is 10.2. The smallest absolute Gasteiger partial charge is 0.410 e. The molecule has 1 heterocycles. The summed E-state index contributed by atoms with van der Waals surface area (Å²) in [6.07, 6.45) is 0.736. The van der Waals surface area contributed by atoms with Gasteiger partial charge in [0, 0.05) is 6.54 Å². The van der Waals surface area contributed by atoms with Crippen LogP contribution in [0.4, 0.5) is 4.79 Å². The first-order chi connectivity index (χ1) is 13.1. The Morgan fingerprint density at radius 2 is 1.86 bits per heavy atom. The fourth-order valence-electron chi connectivity index (χ4n) is 2.91. The number of nitrogens with one attached hydrogen (secondary N) is 1. The summed E-state index contributed by atoms with van der Waals surface area (Å²) in [5.41, 5.74) is 1.37. The van der Waals surface area contributed by atoms with Crippen LogP contribution in [0.1, 0.15) is 51.7 Å². The number of hydrogen-bond acceptors (Lipinski definition) is 5. The number of hydrogen-bond donors (Lipinski definition) is 1. The quantitative estimate of drug-likeness (QED) is 0.782. The van der Waals surface area contributed by atoms with E-state index in [-0.39, 0.29) is 12.5 Å². The summed E-state index contributed by atoms with van der Waals surface area (Å²) in [6, 6.07) is 6.23. The molecule has 0 saturated carbocycles. The van der Waals surface area contributed by atoms with Gasteiger partial charge in [0.1, 0.15) is 24.3 Å². The summed E-state index contributed by atoms with van der Waals surface area (Å²) in [4.78, 5) is 38.5. The van der Waals surface area contributed by atoms with Gasteiger partial charge >= 0.3 is 12.1 Å². The van der Waals surface area contributed by atoms with E-state index in [1.165, 1.54) is 4.90 Å². The molecule has 7 nitrogen and oxygen atoms in total. The van der Waals surface area contributed by atoms with Crippen LogP contribution < -0.4 is 5.32 Å². The standard InChI is InChI=1S/C21H30N2O5/c1-14-8-10-16(11-9-14)13-27-19(25)15(2)22-18(24)17-7-6-12-23(17)20(26)28-21(3,4)5/h8-11,15,17H,6-7,12-13H2,1-5H3,(H,22,24)/t15-,17-/m0/s1. The van der Waals surface area contributed by atoms with Gasteiger partial charge < -0.3 is 14.8 Å². The molecule has 0 aromatic heterocycles. The van der Waals surface area contributed by atoms with Gasteiger partial charge in [0.25, 0.3) is 0 Å². The van der Waals surface area contributed by atoms with Gasteiger partial charge in [0.15, 0.2) is 0 Å². The fourth-order valence-corrected chi connectivity index (χ4v) is 2.91. The number of carbonyl (C=O) groups is 3. The van der Waals surface area contributed by atoms with Gasteiger partial charge in [0.05, 0.1) is 0 Å². The van der Waals surface area contributed by atoms with E-state index in [2.05, 4.69) is 5.32 Å². The van der Waals surface area contributed by atoms with Crippen LogP contribution in [0.3, 0.4) is 0 Å². The fraction of sp³-hybridized carbons (Fsp3) is 0.571. The highest BCUT2D eigenvalue weighted by Crippen LogP contribution is 2.21. The van der Waals surface area contributed by atoms with Gasteiger partial charge in [-0.3, -0.25) is 9.69 Å². The van der Waals surface area contributed by atoms with Gasteiger partial charge in [-0.2, -0.15) is 0 Å². The second-order valence-corrected chi connectivity index (χ2v) is 8.16. The topological polar surface area (TPSA) is 84.9 Å². The Hall–Kier alpha value is -2.57. The molecule has 0 bridgehead atoms. The van der Waals surface area contributed by atoms with Crippen molar-refractivity contribution in [1.29, 1.82) is 0 Å². The minimum Gasteiger partial charge on any atom is -0.459 e. The van der Waals surface area contributed by atoms with Crippen molar-refractivity contribution < 1.29 is 23.9 Å². The zero-order chi connectivity index (χ0) is 20.9. The van der Waals surface area contributed by atoms with Crippen LogP contribution in [0.25, 0.3) is 0 Å². The van der Waals surface area contributed by atoms with E-state index in [0.717, 1.165) is 11.1 Å². The molecule has 154 valence electrons. The lowest BCUT2D eigenvalue weighted by Gasteiger charge is -2.28. The van der Waals surface area contributed by atoms with Crippen molar-refractivity contribution in [3.8, 4) is 0 Å². The normalized spacial score (nSPS) is 17.8. The van der Waals surface area contributed by atoms with Crippen LogP contribution in [0, 0.1) is 6.92 Å². The van der Waals surface area contributed by atoms with Crippen LogP contribution in [0.5, 0.6) is 0 Å². The number of esters is 1. The molecule has 0 radical (unpaired) electrons. The Balaban J connectivity index is 1.87. The van der Waals surface area contributed by atoms with Crippen LogP contribution in [0.15, 0.2) is 24.3 Å². The molecule has 2 amide bonds. The number of aryl methyl sites for hydroxylation is 1. The zero-order valence-electron chi connectivity index (χ0n) is 17.3. The molecule has 0 unspecified atom stereocenters. The Morgan fingerprint density at radius 1 is 1.21 bits per heavy atom. The third-order valence-electron chi connectivity index (χ3n) is 4.40. The molecule has 0 aliphatic carbocycles. The first-order valence-corrected chi connectivity index (χ1v) is 9.59. The maximum absolute atomic E-state index is 12.6. The van der Waals surface area contributed by atoms with Crippen molar-refractivity contribution in [3.63, 3.8) is 0 Å². The molecule has 1 N–H and O–H groups in total. The van der Waals surface area contributed by atoms with Gasteiger partial charge in [-0.15, -0.1) is 0 Å². The van der Waals surface area contributed by atoms with Crippen molar-refractivity contribution in [2.45, 2.75) is 71.8 Å². The van der Waals surface area contributed by atoms with E-state index < -0.39 is 29.7 Å². The van der Waals surface area contributed by atoms with Crippen molar-refractivity contribution >= 4 is 18.0 Å². The predicted molar refractivity (Wildman–Crippen MR) is 105 cm³/mol. The van der Waals surface area contributed by atoms with Gasteiger partial charge in [0.2, 0.25) is 5.91 Å². The molecule has 1 aliphatic heterocycles. The number of benzene rings is 1. The molecular formula is C21H30N2O5. The largest absolute Gasteiger partial charge is 0.459 e. The summed E-state index contributed by atoms with van der Waals surface area (Å²) < 4.78 is 10.6. The third-order valence-corrected chi connectivity index (χ3v) is 4.40. The van der Waals surface area contributed by atoms with E-state index in [0.29, 0.717) is 19.4 Å². The second kappa shape index (κ2) is 9.08. The van der Waals surface area contributed by atoms with Gasteiger partial charge in [-0.25, -0.2) is 9.59 Å². The van der Waals surface area contributed by atoms with Crippen molar-refractivity contribution in [2.24, 2.45) is 0 Å². The molecule has 7 heteroatoms. The van der Waals surface area contributed by atoms with E-state index in [4.69, 9.17) is 9.47 Å². The molecule has 1 aromatic rings. The maximum Gasteiger partial charge on any atom is 0.410 e. The SMILES string of the molecule is Cc1ccc(COC(=O)[C@H](C)NC(=O)[C@@H]2CCCN2C(=O)OC(C)(C)C)cc1. The Kier molecular flexibility index (Phi) is 7.05. The number of nitrogens with zero attached hydrogens (tertiary/aromatic N) is 1. The second-order valence-electron chi connectivity index (χ2n) is 8.16. The van der Waals surface area contributed by atoms with E-state index in [9.17, 15) is 14.4 Å². The zero-order valence-corrected chi connectivity index (χ0v) is 17.3. The molecule has 2 rings (SSSR count). The minimum absolute atomic E-state index is 0.146. The lowest BCUT2D eigenvalue weighted by molar-refractivity contribution is -0.149. The van der Waals surface area contributed by atoms with Crippen LogP contribution in [-0.4, -0.2) is 47.1 Å². The van der Waals surface area contributed by atoms with Crippen molar-refractivity contribution in [2.75, 3.05) is 6.54 Å². The van der Waals surface area contributed by atoms with Crippen LogP contribution >= 0.6 is 0 Å². The average Bonchev–Trinajstić information content (AvgIpc) is 3.09. The number of amides is 2. The van der Waals surface area contributed by atoms with Gasteiger partial charge in [-0.05, 0) is 53.0 Å². The Bertz CT molecular complexity index is 709. The Labute approximate surface area is 166 Å². The highest BCUT2D eigenvalue weighted by molar-refractivity contribution is 5.89. The van der Waals surface area contributed by atoms with Crippen LogP contribution in [0.2, 0.25) is 0 Å². The number of rotatable bonds is 5. The summed E-state index contributed by atoms with van der Waals surface area (Å²) in [5.74, 6) is -0.890. The highest BCUT2D eigenvalue weighted by atomic mass is 16.6. The molecular weight excluding hydrogens is 360 g/mol. The number of ether oxygens (including phenoxy) is 2. The predicted octanol–water partition coefficient (Wildman–Crippen LogP) is 2.94. The summed E-state index contributed by atoms with van der Waals surface area (Å²) in [5, 5.41) is 2.65. The minimum atomic E-state index is -0.806. The molecule has 1 aromatic carbocycles. The molecule has 2 atom stereocenters. The molecule has 1 saturated heterocycles. The average molecular weight is 390 g/mol.